The first-order chi connectivity index (χ1) is 15.5. The standard InChI is InChI=1S/C25H24N4O3/c1-17-14-29(24-19(17)10-7-13-26-24)25(11-5-6-12-25)16-28-15-20(30)23(32)21(27-28)22(31)18-8-3-2-4-9-18/h2-4,7-10,13-15,30H,5-6,11-12,16H2,1H3. The molecule has 0 unspecified atom stereocenters. The van der Waals surface area contributed by atoms with Gasteiger partial charge in [-0.15, -0.1) is 0 Å². The van der Waals surface area contributed by atoms with E-state index in [1.165, 1.54) is 6.20 Å². The summed E-state index contributed by atoms with van der Waals surface area (Å²) in [5, 5.41) is 15.8. The smallest absolute Gasteiger partial charge is 0.253 e. The van der Waals surface area contributed by atoms with Crippen molar-refractivity contribution in [2.45, 2.75) is 44.7 Å². The number of fused-ring (bicyclic) bond motifs is 1. The van der Waals surface area contributed by atoms with Gasteiger partial charge in [0.15, 0.2) is 11.4 Å². The number of benzene rings is 1. The van der Waals surface area contributed by atoms with Crippen LogP contribution in [0.5, 0.6) is 5.75 Å². The van der Waals surface area contributed by atoms with Gasteiger partial charge in [0.05, 0.1) is 18.3 Å². The molecule has 1 aromatic carbocycles. The van der Waals surface area contributed by atoms with Gasteiger partial charge >= 0.3 is 0 Å². The highest BCUT2D eigenvalue weighted by atomic mass is 16.3. The molecule has 1 aliphatic rings. The Morgan fingerprint density at radius 2 is 1.84 bits per heavy atom. The summed E-state index contributed by atoms with van der Waals surface area (Å²) in [4.78, 5) is 30.1. The normalized spacial score (nSPS) is 15.3. The van der Waals surface area contributed by atoms with Crippen LogP contribution >= 0.6 is 0 Å². The van der Waals surface area contributed by atoms with Gasteiger partial charge in [-0.1, -0.05) is 43.2 Å². The topological polar surface area (TPSA) is 90.0 Å². The summed E-state index contributed by atoms with van der Waals surface area (Å²) in [7, 11) is 0. The Kier molecular flexibility index (Phi) is 4.89. The van der Waals surface area contributed by atoms with Crippen molar-refractivity contribution < 1.29 is 9.90 Å². The first kappa shape index (κ1) is 20.2. The second-order valence-electron chi connectivity index (χ2n) is 8.57. The third kappa shape index (κ3) is 3.30. The molecule has 0 saturated heterocycles. The Hall–Kier alpha value is -3.74. The van der Waals surface area contributed by atoms with Gasteiger partial charge in [0.1, 0.15) is 5.65 Å². The number of rotatable bonds is 5. The van der Waals surface area contributed by atoms with Crippen LogP contribution in [-0.2, 0) is 12.1 Å². The fraction of sp³-hybridized carbons (Fsp3) is 0.280. The van der Waals surface area contributed by atoms with Crippen molar-refractivity contribution in [3.05, 3.63) is 88.1 Å². The fourth-order valence-corrected chi connectivity index (χ4v) is 4.87. The molecule has 4 aromatic rings. The zero-order valence-corrected chi connectivity index (χ0v) is 17.9. The number of hydrogen-bond acceptors (Lipinski definition) is 5. The molecule has 1 saturated carbocycles. The number of aromatic hydroxyl groups is 1. The predicted octanol–water partition coefficient (Wildman–Crippen LogP) is 3.81. The quantitative estimate of drug-likeness (QED) is 0.488. The van der Waals surface area contributed by atoms with Crippen molar-refractivity contribution in [2.24, 2.45) is 0 Å². The summed E-state index contributed by atoms with van der Waals surface area (Å²) in [6, 6.07) is 12.5. The molecule has 0 spiro atoms. The van der Waals surface area contributed by atoms with Crippen LogP contribution < -0.4 is 5.43 Å². The largest absolute Gasteiger partial charge is 0.503 e. The van der Waals surface area contributed by atoms with E-state index in [0.717, 1.165) is 42.3 Å². The first-order valence-electron chi connectivity index (χ1n) is 10.8. The lowest BCUT2D eigenvalue weighted by atomic mass is 9.97. The lowest BCUT2D eigenvalue weighted by molar-refractivity contribution is 0.102. The SMILES string of the molecule is Cc1cn(C2(Cn3cc(O)c(=O)c(C(=O)c4ccccc4)n3)CCCC2)c2ncccc12. The molecule has 1 N–H and O–H groups in total. The molecule has 0 atom stereocenters. The van der Waals surface area contributed by atoms with Crippen molar-refractivity contribution in [3.8, 4) is 5.75 Å². The van der Waals surface area contributed by atoms with Crippen LogP contribution in [0.4, 0.5) is 0 Å². The molecule has 1 fully saturated rings. The number of aryl methyl sites for hydroxylation is 1. The average Bonchev–Trinajstić information content (AvgIpc) is 3.42. The number of carbonyl (C=O) groups is 1. The Bertz CT molecular complexity index is 1370. The Labute approximate surface area is 185 Å². The van der Waals surface area contributed by atoms with Crippen LogP contribution in [0.25, 0.3) is 11.0 Å². The van der Waals surface area contributed by atoms with Gasteiger partial charge < -0.3 is 9.67 Å². The third-order valence-electron chi connectivity index (χ3n) is 6.46. The van der Waals surface area contributed by atoms with E-state index in [-0.39, 0.29) is 11.2 Å². The fourth-order valence-electron chi connectivity index (χ4n) is 4.87. The second kappa shape index (κ2) is 7.75. The van der Waals surface area contributed by atoms with Gasteiger partial charge in [0.2, 0.25) is 5.78 Å². The highest BCUT2D eigenvalue weighted by molar-refractivity contribution is 6.07. The summed E-state index contributed by atoms with van der Waals surface area (Å²) < 4.78 is 3.77. The Morgan fingerprint density at radius 3 is 2.59 bits per heavy atom. The number of carbonyl (C=O) groups excluding carboxylic acids is 1. The lowest BCUT2D eigenvalue weighted by Gasteiger charge is -2.32. The van der Waals surface area contributed by atoms with Crippen LogP contribution in [0.3, 0.4) is 0 Å². The van der Waals surface area contributed by atoms with Crippen molar-refractivity contribution >= 4 is 16.8 Å². The van der Waals surface area contributed by atoms with E-state index in [1.807, 2.05) is 6.07 Å². The molecule has 0 bridgehead atoms. The highest BCUT2D eigenvalue weighted by Crippen LogP contribution is 2.40. The van der Waals surface area contributed by atoms with Crippen molar-refractivity contribution in [3.63, 3.8) is 0 Å². The molecule has 162 valence electrons. The van der Waals surface area contributed by atoms with E-state index in [0.29, 0.717) is 12.1 Å². The minimum absolute atomic E-state index is 0.268. The van der Waals surface area contributed by atoms with Gasteiger partial charge in [-0.05, 0) is 37.5 Å². The van der Waals surface area contributed by atoms with E-state index in [1.54, 1.807) is 41.2 Å². The zero-order valence-electron chi connectivity index (χ0n) is 17.9. The van der Waals surface area contributed by atoms with E-state index in [4.69, 9.17) is 0 Å². The minimum atomic E-state index is -0.750. The molecule has 1 aliphatic carbocycles. The molecule has 3 heterocycles. The highest BCUT2D eigenvalue weighted by Gasteiger charge is 2.38. The third-order valence-corrected chi connectivity index (χ3v) is 6.46. The summed E-state index contributed by atoms with van der Waals surface area (Å²) in [5.74, 6) is -0.969. The Balaban J connectivity index is 1.59. The monoisotopic (exact) mass is 428 g/mol. The van der Waals surface area contributed by atoms with Gasteiger partial charge in [-0.2, -0.15) is 5.10 Å². The first-order valence-corrected chi connectivity index (χ1v) is 10.8. The van der Waals surface area contributed by atoms with Crippen LogP contribution in [-0.4, -0.2) is 30.2 Å². The molecule has 0 aliphatic heterocycles. The molecule has 0 radical (unpaired) electrons. The van der Waals surface area contributed by atoms with E-state index >= 15 is 0 Å². The molecule has 7 heteroatoms. The molecule has 7 nitrogen and oxygen atoms in total. The summed E-state index contributed by atoms with van der Waals surface area (Å²) in [5.41, 5.74) is 1.10. The second-order valence-corrected chi connectivity index (χ2v) is 8.57. The molecule has 3 aromatic heterocycles. The van der Waals surface area contributed by atoms with Crippen molar-refractivity contribution in [2.75, 3.05) is 0 Å². The van der Waals surface area contributed by atoms with E-state index < -0.39 is 17.0 Å². The maximum Gasteiger partial charge on any atom is 0.253 e. The zero-order chi connectivity index (χ0) is 22.3. The number of pyridine rings is 1. The molecular formula is C25H24N4O3. The van der Waals surface area contributed by atoms with E-state index in [9.17, 15) is 14.7 Å². The predicted molar refractivity (Wildman–Crippen MR) is 121 cm³/mol. The summed E-state index contributed by atoms with van der Waals surface area (Å²) in [6.45, 7) is 2.50. The maximum absolute atomic E-state index is 12.9. The van der Waals surface area contributed by atoms with Gasteiger partial charge in [0.25, 0.3) is 5.43 Å². The van der Waals surface area contributed by atoms with E-state index in [2.05, 4.69) is 33.8 Å². The van der Waals surface area contributed by atoms with Crippen LogP contribution in [0.15, 0.2) is 65.8 Å². The number of ketones is 1. The van der Waals surface area contributed by atoms with Gasteiger partial charge in [-0.25, -0.2) is 4.98 Å². The van der Waals surface area contributed by atoms with Crippen molar-refractivity contribution in [1.29, 1.82) is 0 Å². The van der Waals surface area contributed by atoms with Gasteiger partial charge in [-0.3, -0.25) is 14.3 Å². The number of hydrogen-bond donors (Lipinski definition) is 1. The minimum Gasteiger partial charge on any atom is -0.503 e. The Morgan fingerprint density at radius 1 is 1.09 bits per heavy atom. The summed E-state index contributed by atoms with van der Waals surface area (Å²) >= 11 is 0. The number of aromatic nitrogens is 4. The molecule has 0 amide bonds. The average molecular weight is 428 g/mol. The van der Waals surface area contributed by atoms with Crippen LogP contribution in [0, 0.1) is 6.92 Å². The van der Waals surface area contributed by atoms with Crippen molar-refractivity contribution in [1.82, 2.24) is 19.3 Å². The molecular weight excluding hydrogens is 404 g/mol. The maximum atomic E-state index is 12.9. The van der Waals surface area contributed by atoms with Gasteiger partial charge in [0, 0.05) is 23.3 Å². The van der Waals surface area contributed by atoms with Crippen LogP contribution in [0.2, 0.25) is 0 Å². The lowest BCUT2D eigenvalue weighted by Crippen LogP contribution is -2.37. The van der Waals surface area contributed by atoms with Crippen LogP contribution in [0.1, 0.15) is 47.3 Å². The molecule has 32 heavy (non-hydrogen) atoms. The molecule has 5 rings (SSSR count). The summed E-state index contributed by atoms with van der Waals surface area (Å²) in [6.07, 6.45) is 9.21. The number of nitrogens with zero attached hydrogens (tertiary/aromatic N) is 4.